The van der Waals surface area contributed by atoms with Crippen LogP contribution >= 0.6 is 11.6 Å². The number of nitrogens with one attached hydrogen (secondary N) is 1. The van der Waals surface area contributed by atoms with Gasteiger partial charge in [-0.15, -0.1) is 0 Å². The Morgan fingerprint density at radius 2 is 1.53 bits per heavy atom. The Balaban J connectivity index is 2.02. The van der Waals surface area contributed by atoms with Crippen LogP contribution in [0.5, 0.6) is 0 Å². The number of anilines is 1. The number of sulfonamides is 1. The van der Waals surface area contributed by atoms with Gasteiger partial charge in [-0.1, -0.05) is 86.1 Å². The lowest BCUT2D eigenvalue weighted by molar-refractivity contribution is -0.139. The molecule has 1 atom stereocenters. The van der Waals surface area contributed by atoms with Gasteiger partial charge in [0.25, 0.3) is 0 Å². The van der Waals surface area contributed by atoms with E-state index in [2.05, 4.69) is 5.32 Å². The first-order valence-corrected chi connectivity index (χ1v) is 14.6. The number of benzene rings is 3. The van der Waals surface area contributed by atoms with Crippen molar-refractivity contribution >= 4 is 39.1 Å². The largest absolute Gasteiger partial charge is 0.357 e. The molecule has 0 aliphatic carbocycles. The number of halogens is 1. The van der Waals surface area contributed by atoms with E-state index in [4.69, 9.17) is 11.6 Å². The van der Waals surface area contributed by atoms with Crippen LogP contribution in [-0.4, -0.2) is 51.0 Å². The van der Waals surface area contributed by atoms with Crippen LogP contribution in [0.25, 0.3) is 0 Å². The summed E-state index contributed by atoms with van der Waals surface area (Å²) in [6.45, 7) is 3.66. The molecule has 0 saturated heterocycles. The summed E-state index contributed by atoms with van der Waals surface area (Å²) in [4.78, 5) is 28.4. The molecule has 0 spiro atoms. The lowest BCUT2D eigenvalue weighted by Crippen LogP contribution is -2.52. The number of rotatable bonds is 11. The first kappa shape index (κ1) is 29.2. The molecule has 3 aromatic rings. The van der Waals surface area contributed by atoms with E-state index in [9.17, 15) is 18.0 Å². The van der Waals surface area contributed by atoms with Gasteiger partial charge in [-0.25, -0.2) is 8.42 Å². The fraction of sp³-hybridized carbons (Fsp3) is 0.310. The Hall–Kier alpha value is -3.36. The summed E-state index contributed by atoms with van der Waals surface area (Å²) in [5.74, 6) is -0.607. The second-order valence-corrected chi connectivity index (χ2v) is 11.8. The molecule has 38 heavy (non-hydrogen) atoms. The summed E-state index contributed by atoms with van der Waals surface area (Å²) in [6, 6.07) is 22.7. The average Bonchev–Trinajstić information content (AvgIpc) is 2.89. The van der Waals surface area contributed by atoms with Crippen LogP contribution in [0.4, 0.5) is 5.69 Å². The molecule has 0 heterocycles. The number of nitrogens with zero attached hydrogens (tertiary/aromatic N) is 2. The van der Waals surface area contributed by atoms with Crippen LogP contribution in [-0.2, 0) is 32.6 Å². The van der Waals surface area contributed by atoms with Gasteiger partial charge in [0.15, 0.2) is 0 Å². The maximum Gasteiger partial charge on any atom is 0.244 e. The zero-order chi connectivity index (χ0) is 27.9. The van der Waals surface area contributed by atoms with E-state index >= 15 is 0 Å². The van der Waals surface area contributed by atoms with Gasteiger partial charge in [-0.3, -0.25) is 13.9 Å². The van der Waals surface area contributed by atoms with E-state index in [0.717, 1.165) is 21.7 Å². The van der Waals surface area contributed by atoms with Crippen molar-refractivity contribution in [3.63, 3.8) is 0 Å². The van der Waals surface area contributed by atoms with E-state index in [0.29, 0.717) is 16.3 Å². The second kappa shape index (κ2) is 12.9. The first-order chi connectivity index (χ1) is 18.0. The molecule has 9 heteroatoms. The van der Waals surface area contributed by atoms with Gasteiger partial charge in [0.1, 0.15) is 12.6 Å². The highest BCUT2D eigenvalue weighted by Crippen LogP contribution is 2.24. The van der Waals surface area contributed by atoms with Crippen molar-refractivity contribution in [1.82, 2.24) is 10.2 Å². The van der Waals surface area contributed by atoms with Gasteiger partial charge < -0.3 is 10.2 Å². The third-order valence-electron chi connectivity index (χ3n) is 6.34. The normalized spacial score (nSPS) is 12.2. The maximum atomic E-state index is 13.9. The Morgan fingerprint density at radius 3 is 2.08 bits per heavy atom. The summed E-state index contributed by atoms with van der Waals surface area (Å²) >= 11 is 6.42. The first-order valence-electron chi connectivity index (χ1n) is 12.4. The molecular formula is C29H34ClN3O4S. The van der Waals surface area contributed by atoms with E-state index < -0.39 is 28.5 Å². The summed E-state index contributed by atoms with van der Waals surface area (Å²) in [7, 11) is -2.30. The van der Waals surface area contributed by atoms with E-state index in [1.807, 2.05) is 56.3 Å². The fourth-order valence-electron chi connectivity index (χ4n) is 4.17. The van der Waals surface area contributed by atoms with Crippen LogP contribution in [0.15, 0.2) is 78.9 Å². The average molecular weight is 556 g/mol. The Bertz CT molecular complexity index is 1350. The van der Waals surface area contributed by atoms with Gasteiger partial charge in [0.05, 0.1) is 11.9 Å². The highest BCUT2D eigenvalue weighted by atomic mass is 35.5. The Kier molecular flexibility index (Phi) is 9.94. The number of likely N-dealkylation sites (N-methyl/N-ethyl adjacent to an activating group) is 1. The van der Waals surface area contributed by atoms with Crippen molar-refractivity contribution in [1.29, 1.82) is 0 Å². The molecule has 3 rings (SSSR count). The predicted octanol–water partition coefficient (Wildman–Crippen LogP) is 4.62. The molecule has 0 radical (unpaired) electrons. The van der Waals surface area contributed by atoms with Crippen LogP contribution in [0, 0.1) is 0 Å². The van der Waals surface area contributed by atoms with Gasteiger partial charge in [0.2, 0.25) is 21.8 Å². The van der Waals surface area contributed by atoms with Gasteiger partial charge in [-0.05, 0) is 40.8 Å². The number of hydrogen-bond donors (Lipinski definition) is 1. The molecule has 2 amide bonds. The molecule has 0 aliphatic heterocycles. The highest BCUT2D eigenvalue weighted by molar-refractivity contribution is 7.92. The van der Waals surface area contributed by atoms with Crippen molar-refractivity contribution in [3.8, 4) is 0 Å². The molecule has 0 bridgehead atoms. The highest BCUT2D eigenvalue weighted by Gasteiger charge is 2.33. The fourth-order valence-corrected chi connectivity index (χ4v) is 5.22. The minimum atomic E-state index is -3.81. The summed E-state index contributed by atoms with van der Waals surface area (Å²) in [5.41, 5.74) is 2.94. The Morgan fingerprint density at radius 1 is 0.921 bits per heavy atom. The van der Waals surface area contributed by atoms with Crippen molar-refractivity contribution in [2.24, 2.45) is 0 Å². The van der Waals surface area contributed by atoms with E-state index in [1.165, 1.54) is 11.9 Å². The van der Waals surface area contributed by atoms with Crippen molar-refractivity contribution < 1.29 is 18.0 Å². The van der Waals surface area contributed by atoms with Crippen LogP contribution in [0.2, 0.25) is 5.02 Å². The van der Waals surface area contributed by atoms with E-state index in [1.54, 1.807) is 36.4 Å². The molecule has 0 saturated carbocycles. The lowest BCUT2D eigenvalue weighted by Gasteiger charge is -2.33. The predicted molar refractivity (Wildman–Crippen MR) is 153 cm³/mol. The number of carbonyl (C=O) groups is 2. The molecule has 3 aromatic carbocycles. The van der Waals surface area contributed by atoms with Crippen LogP contribution in [0.1, 0.15) is 36.5 Å². The van der Waals surface area contributed by atoms with E-state index in [-0.39, 0.29) is 24.8 Å². The molecule has 0 unspecified atom stereocenters. The molecule has 7 nitrogen and oxygen atoms in total. The topological polar surface area (TPSA) is 86.8 Å². The van der Waals surface area contributed by atoms with Gasteiger partial charge in [0, 0.05) is 25.0 Å². The molecule has 0 aliphatic rings. The number of amides is 2. The zero-order valence-electron chi connectivity index (χ0n) is 22.1. The second-order valence-electron chi connectivity index (χ2n) is 9.45. The third kappa shape index (κ3) is 7.58. The summed E-state index contributed by atoms with van der Waals surface area (Å²) in [5, 5.41) is 3.10. The molecule has 0 fully saturated rings. The summed E-state index contributed by atoms with van der Waals surface area (Å²) < 4.78 is 26.7. The van der Waals surface area contributed by atoms with Crippen molar-refractivity contribution in [2.75, 3.05) is 24.2 Å². The van der Waals surface area contributed by atoms with Crippen molar-refractivity contribution in [2.45, 2.75) is 38.8 Å². The van der Waals surface area contributed by atoms with Gasteiger partial charge >= 0.3 is 0 Å². The van der Waals surface area contributed by atoms with Crippen LogP contribution < -0.4 is 9.62 Å². The quantitative estimate of drug-likeness (QED) is 0.374. The summed E-state index contributed by atoms with van der Waals surface area (Å²) in [6.07, 6.45) is 1.31. The minimum absolute atomic E-state index is 0.0350. The third-order valence-corrected chi connectivity index (χ3v) is 7.85. The number of hydrogen-bond acceptors (Lipinski definition) is 4. The molecular weight excluding hydrogens is 522 g/mol. The molecule has 1 N–H and O–H groups in total. The Labute approximate surface area is 230 Å². The maximum absolute atomic E-state index is 13.9. The standard InChI is InChI=1S/C29H34ClN3O4S/c1-21(2)23-14-16-25(17-15-23)33(38(4,36)37)20-28(34)32(19-24-12-8-9-13-26(24)30)27(29(35)31-3)18-22-10-6-5-7-11-22/h5-17,21,27H,18-20H2,1-4H3,(H,31,35)/t27-/m0/s1. The number of carbonyl (C=O) groups excluding carboxylic acids is 2. The monoisotopic (exact) mass is 555 g/mol. The van der Waals surface area contributed by atoms with Crippen LogP contribution in [0.3, 0.4) is 0 Å². The molecule has 0 aromatic heterocycles. The van der Waals surface area contributed by atoms with Gasteiger partial charge in [-0.2, -0.15) is 0 Å². The minimum Gasteiger partial charge on any atom is -0.357 e. The SMILES string of the molecule is CNC(=O)[C@H](Cc1ccccc1)N(Cc1ccccc1Cl)C(=O)CN(c1ccc(C(C)C)cc1)S(C)(=O)=O. The lowest BCUT2D eigenvalue weighted by atomic mass is 10.0. The van der Waals surface area contributed by atoms with Crippen molar-refractivity contribution in [3.05, 3.63) is 101 Å². The zero-order valence-corrected chi connectivity index (χ0v) is 23.7. The smallest absolute Gasteiger partial charge is 0.244 e. The molecule has 202 valence electrons.